The molecule has 1 aromatic rings. The van der Waals surface area contributed by atoms with Crippen LogP contribution >= 0.6 is 0 Å². The summed E-state index contributed by atoms with van der Waals surface area (Å²) in [7, 11) is 0. The van der Waals surface area contributed by atoms with Crippen molar-refractivity contribution in [3.63, 3.8) is 0 Å². The molecule has 122 valence electrons. The van der Waals surface area contributed by atoms with Crippen LogP contribution in [0, 0.1) is 6.92 Å². The molecule has 0 aromatic heterocycles. The van der Waals surface area contributed by atoms with Gasteiger partial charge in [-0.1, -0.05) is 93.1 Å². The summed E-state index contributed by atoms with van der Waals surface area (Å²) in [5, 5.41) is 0. The summed E-state index contributed by atoms with van der Waals surface area (Å²) in [5.74, 6) is 0. The van der Waals surface area contributed by atoms with Crippen molar-refractivity contribution in [3.8, 4) is 0 Å². The molecule has 1 aromatic carbocycles. The van der Waals surface area contributed by atoms with Crippen LogP contribution in [-0.4, -0.2) is 0 Å². The Morgan fingerprint density at radius 3 is 1.68 bits per heavy atom. The van der Waals surface area contributed by atoms with Gasteiger partial charge in [-0.05, 0) is 45.3 Å². The smallest absolute Gasteiger partial charge is 0.0233 e. The minimum absolute atomic E-state index is 1.09. The summed E-state index contributed by atoms with van der Waals surface area (Å²) in [5.41, 5.74) is 3.90. The fourth-order valence-electron chi connectivity index (χ4n) is 1.68. The lowest BCUT2D eigenvalue weighted by Crippen LogP contribution is -1.81. The molecule has 0 aliphatic carbocycles. The van der Waals surface area contributed by atoms with Crippen LogP contribution in [0.1, 0.15) is 53.5 Å². The highest BCUT2D eigenvalue weighted by atomic mass is 14.0. The van der Waals surface area contributed by atoms with Gasteiger partial charge in [0.1, 0.15) is 0 Å². The molecule has 0 aliphatic heterocycles. The zero-order valence-corrected chi connectivity index (χ0v) is 15.6. The molecule has 0 unspecified atom stereocenters. The van der Waals surface area contributed by atoms with Gasteiger partial charge in [0.05, 0.1) is 0 Å². The molecule has 0 amide bonds. The van der Waals surface area contributed by atoms with E-state index in [1.807, 2.05) is 39.0 Å². The second-order valence-corrected chi connectivity index (χ2v) is 4.45. The van der Waals surface area contributed by atoms with Gasteiger partial charge in [0.2, 0.25) is 0 Å². The molecule has 0 heterocycles. The van der Waals surface area contributed by atoms with Gasteiger partial charge in [0, 0.05) is 0 Å². The summed E-state index contributed by atoms with van der Waals surface area (Å²) in [6.45, 7) is 14.4. The predicted octanol–water partition coefficient (Wildman–Crippen LogP) is 7.44. The summed E-state index contributed by atoms with van der Waals surface area (Å²) >= 11 is 0. The summed E-state index contributed by atoms with van der Waals surface area (Å²) in [6.07, 6.45) is 13.9. The molecule has 0 spiro atoms. The normalized spacial score (nSPS) is 11.8. The van der Waals surface area contributed by atoms with Gasteiger partial charge in [-0.25, -0.2) is 0 Å². The Morgan fingerprint density at radius 1 is 0.864 bits per heavy atom. The molecule has 0 atom stereocenters. The Bertz CT molecular complexity index is 456. The maximum absolute atomic E-state index is 2.18. The van der Waals surface area contributed by atoms with Crippen molar-refractivity contribution >= 4 is 0 Å². The van der Waals surface area contributed by atoms with Gasteiger partial charge in [0.15, 0.2) is 0 Å². The Hall–Kier alpha value is -1.82. The first kappa shape index (κ1) is 22.5. The molecular weight excluding hydrogens is 264 g/mol. The number of hydrogen-bond donors (Lipinski definition) is 0. The fraction of sp³-hybridized carbons (Fsp3) is 0.364. The average molecular weight is 299 g/mol. The van der Waals surface area contributed by atoms with Gasteiger partial charge < -0.3 is 0 Å². The van der Waals surface area contributed by atoms with E-state index in [-0.39, 0.29) is 0 Å². The van der Waals surface area contributed by atoms with Crippen molar-refractivity contribution in [1.29, 1.82) is 0 Å². The Labute approximate surface area is 139 Å². The fourth-order valence-corrected chi connectivity index (χ4v) is 1.68. The quantitative estimate of drug-likeness (QED) is 0.506. The van der Waals surface area contributed by atoms with E-state index in [4.69, 9.17) is 0 Å². The number of benzene rings is 1. The highest BCUT2D eigenvalue weighted by molar-refractivity contribution is 5.45. The maximum atomic E-state index is 2.18. The topological polar surface area (TPSA) is 0 Å². The SMILES string of the molecule is CC.C\C=C/C(=C\C)C(/C=C\CC)=C/C.Cc1ccccc1. The Morgan fingerprint density at radius 2 is 1.36 bits per heavy atom. The lowest BCUT2D eigenvalue weighted by atomic mass is 10.0. The lowest BCUT2D eigenvalue weighted by Gasteiger charge is -2.01. The third-order valence-corrected chi connectivity index (χ3v) is 2.78. The second-order valence-electron chi connectivity index (χ2n) is 4.45. The van der Waals surface area contributed by atoms with Crippen LogP contribution in [-0.2, 0) is 0 Å². The van der Waals surface area contributed by atoms with E-state index < -0.39 is 0 Å². The average Bonchev–Trinajstić information content (AvgIpc) is 2.57. The molecule has 0 N–H and O–H groups in total. The van der Waals surface area contributed by atoms with Gasteiger partial charge >= 0.3 is 0 Å². The largest absolute Gasteiger partial charge is 0.0871 e. The predicted molar refractivity (Wildman–Crippen MR) is 104 cm³/mol. The lowest BCUT2D eigenvalue weighted by molar-refractivity contribution is 1.22. The highest BCUT2D eigenvalue weighted by Crippen LogP contribution is 2.13. The van der Waals surface area contributed by atoms with Crippen molar-refractivity contribution in [1.82, 2.24) is 0 Å². The van der Waals surface area contributed by atoms with Crippen LogP contribution in [0.2, 0.25) is 0 Å². The first-order valence-corrected chi connectivity index (χ1v) is 8.33. The van der Waals surface area contributed by atoms with E-state index >= 15 is 0 Å². The zero-order chi connectivity index (χ0) is 17.2. The molecule has 0 aliphatic rings. The molecule has 0 heteroatoms. The van der Waals surface area contributed by atoms with Crippen molar-refractivity contribution in [2.45, 2.75) is 54.9 Å². The van der Waals surface area contributed by atoms with Crippen LogP contribution in [0.3, 0.4) is 0 Å². The van der Waals surface area contributed by atoms with Gasteiger partial charge in [0.25, 0.3) is 0 Å². The number of rotatable bonds is 4. The van der Waals surface area contributed by atoms with E-state index in [0.29, 0.717) is 0 Å². The minimum atomic E-state index is 1.09. The standard InChI is InChI=1S/C13H20.C7H8.C2H6/c1-5-9-11-13(8-4)12(7-3)10-6-2;1-7-5-3-2-4-6-7;1-2/h6-11H,5H2,1-4H3;2-6H,1H3;1-2H3/b10-6-,11-9-,12-7+,13-8+;;. The molecule has 1 rings (SSSR count). The zero-order valence-electron chi connectivity index (χ0n) is 15.6. The highest BCUT2D eigenvalue weighted by Gasteiger charge is 1.93. The first-order chi connectivity index (χ1) is 10.7. The number of aryl methyl sites for hydroxylation is 1. The molecule has 0 saturated carbocycles. The minimum Gasteiger partial charge on any atom is -0.0871 e. The molecular formula is C22H34. The Balaban J connectivity index is 0. The van der Waals surface area contributed by atoms with Gasteiger partial charge in [-0.3, -0.25) is 0 Å². The summed E-state index contributed by atoms with van der Waals surface area (Å²) in [6, 6.07) is 10.3. The van der Waals surface area contributed by atoms with Crippen LogP contribution in [0.4, 0.5) is 0 Å². The van der Waals surface area contributed by atoms with Gasteiger partial charge in [-0.2, -0.15) is 0 Å². The third-order valence-electron chi connectivity index (χ3n) is 2.78. The second kappa shape index (κ2) is 17.2. The van der Waals surface area contributed by atoms with E-state index in [0.717, 1.165) is 6.42 Å². The van der Waals surface area contributed by atoms with Crippen molar-refractivity contribution in [2.24, 2.45) is 0 Å². The van der Waals surface area contributed by atoms with Crippen LogP contribution in [0.5, 0.6) is 0 Å². The van der Waals surface area contributed by atoms with E-state index in [1.54, 1.807) is 0 Å². The van der Waals surface area contributed by atoms with Gasteiger partial charge in [-0.15, -0.1) is 0 Å². The van der Waals surface area contributed by atoms with Crippen molar-refractivity contribution < 1.29 is 0 Å². The Kier molecular flexibility index (Phi) is 17.6. The molecule has 0 radical (unpaired) electrons. The van der Waals surface area contributed by atoms with Crippen LogP contribution in [0.15, 0.2) is 77.9 Å². The third kappa shape index (κ3) is 12.0. The molecule has 22 heavy (non-hydrogen) atoms. The monoisotopic (exact) mass is 298 g/mol. The number of hydrogen-bond acceptors (Lipinski definition) is 0. The summed E-state index contributed by atoms with van der Waals surface area (Å²) < 4.78 is 0. The maximum Gasteiger partial charge on any atom is -0.0233 e. The van der Waals surface area contributed by atoms with Crippen LogP contribution < -0.4 is 0 Å². The van der Waals surface area contributed by atoms with Crippen molar-refractivity contribution in [3.05, 3.63) is 83.5 Å². The first-order valence-electron chi connectivity index (χ1n) is 8.33. The number of allylic oxidation sites excluding steroid dienone is 8. The van der Waals surface area contributed by atoms with Crippen LogP contribution in [0.25, 0.3) is 0 Å². The molecule has 0 saturated heterocycles. The van der Waals surface area contributed by atoms with E-state index in [9.17, 15) is 0 Å². The molecule has 0 fully saturated rings. The molecule has 0 bridgehead atoms. The van der Waals surface area contributed by atoms with Crippen molar-refractivity contribution in [2.75, 3.05) is 0 Å². The molecule has 0 nitrogen and oxygen atoms in total. The summed E-state index contributed by atoms with van der Waals surface area (Å²) in [4.78, 5) is 0. The van der Waals surface area contributed by atoms with E-state index in [1.165, 1.54) is 16.7 Å². The van der Waals surface area contributed by atoms with E-state index in [2.05, 4.69) is 76.3 Å².